The van der Waals surface area contributed by atoms with Crippen molar-refractivity contribution in [1.82, 2.24) is 19.5 Å². The average molecular weight is 520 g/mol. The van der Waals surface area contributed by atoms with Crippen LogP contribution in [0.5, 0.6) is 0 Å². The molecule has 0 bridgehead atoms. The first kappa shape index (κ1) is 24.6. The van der Waals surface area contributed by atoms with Gasteiger partial charge in [0.1, 0.15) is 11.2 Å². The summed E-state index contributed by atoms with van der Waals surface area (Å²) in [6, 6.07) is 2.13. The zero-order valence-electron chi connectivity index (χ0n) is 19.8. The van der Waals surface area contributed by atoms with Crippen molar-refractivity contribution in [3.05, 3.63) is 35.0 Å². The van der Waals surface area contributed by atoms with E-state index in [2.05, 4.69) is 27.5 Å². The van der Waals surface area contributed by atoms with E-state index in [-0.39, 0.29) is 40.6 Å². The van der Waals surface area contributed by atoms with Gasteiger partial charge in [-0.2, -0.15) is 4.98 Å². The number of hydrogen-bond acceptors (Lipinski definition) is 7. The van der Waals surface area contributed by atoms with Gasteiger partial charge in [-0.15, -0.1) is 0 Å². The van der Waals surface area contributed by atoms with Crippen LogP contribution in [0, 0.1) is 23.5 Å². The molecule has 3 aromatic rings. The number of carbonyl (C=O) groups is 1. The maximum Gasteiger partial charge on any atom is 0.224 e. The number of nitrogens with two attached hydrogens (primary N) is 1. The number of primary amides is 1. The Balaban J connectivity index is 1.53. The van der Waals surface area contributed by atoms with Crippen molar-refractivity contribution in [2.75, 3.05) is 23.8 Å². The fourth-order valence-electron chi connectivity index (χ4n) is 5.05. The number of aromatic nitrogens is 4. The average Bonchev–Trinajstić information content (AvgIpc) is 3.20. The molecule has 1 amide bonds. The molecule has 192 valence electrons. The van der Waals surface area contributed by atoms with Gasteiger partial charge in [0, 0.05) is 29.6 Å². The van der Waals surface area contributed by atoms with Crippen LogP contribution in [0.15, 0.2) is 18.3 Å². The molecule has 1 saturated carbocycles. The van der Waals surface area contributed by atoms with Crippen LogP contribution in [0.2, 0.25) is 5.02 Å². The van der Waals surface area contributed by atoms with Gasteiger partial charge in [-0.1, -0.05) is 18.5 Å². The van der Waals surface area contributed by atoms with Gasteiger partial charge in [0.2, 0.25) is 17.8 Å². The van der Waals surface area contributed by atoms with E-state index in [0.29, 0.717) is 61.9 Å². The number of amides is 1. The summed E-state index contributed by atoms with van der Waals surface area (Å²) in [4.78, 5) is 25.4. The Kier molecular flexibility index (Phi) is 6.94. The third kappa shape index (κ3) is 4.94. The number of carbonyl (C=O) groups excluding carboxylic acids is 1. The topological polar surface area (TPSA) is 120 Å². The Morgan fingerprint density at radius 2 is 1.89 bits per heavy atom. The first-order chi connectivity index (χ1) is 17.3. The van der Waals surface area contributed by atoms with Crippen LogP contribution in [0.25, 0.3) is 11.2 Å². The smallest absolute Gasteiger partial charge is 0.224 e. The zero-order chi connectivity index (χ0) is 25.4. The molecule has 1 aliphatic heterocycles. The molecule has 2 aliphatic rings. The molecule has 1 aromatic carbocycles. The molecule has 4 N–H and O–H groups in total. The molecule has 0 unspecified atom stereocenters. The molecule has 1 saturated heterocycles. The van der Waals surface area contributed by atoms with Crippen molar-refractivity contribution in [1.29, 1.82) is 0 Å². The number of anilines is 3. The molecular weight excluding hydrogens is 492 g/mol. The highest BCUT2D eigenvalue weighted by Gasteiger charge is 2.30. The van der Waals surface area contributed by atoms with Crippen molar-refractivity contribution >= 4 is 46.3 Å². The number of fused-ring (bicyclic) bond motifs is 1. The standard InChI is InChI=1S/C24H28ClF2N7O2/c1-12-11-36-7-6-18(12)30-23-29-10-19-22(33-23)34(15-4-2-13(3-5-15)21(28)35)24(31-19)32-20-16(26)8-14(25)9-17(20)27/h8-10,12-13,15,18H,2-7,11H2,1H3,(H2,28,35)(H,31,32)(H,29,30,33)/t12-,13-,15+,18-/m1/s1. The van der Waals surface area contributed by atoms with Gasteiger partial charge in [-0.25, -0.2) is 18.7 Å². The van der Waals surface area contributed by atoms with Crippen molar-refractivity contribution in [3.63, 3.8) is 0 Å². The predicted molar refractivity (Wildman–Crippen MR) is 132 cm³/mol. The summed E-state index contributed by atoms with van der Waals surface area (Å²) >= 11 is 5.79. The highest BCUT2D eigenvalue weighted by atomic mass is 35.5. The number of ether oxygens (including phenoxy) is 1. The Hall–Kier alpha value is -3.05. The van der Waals surface area contributed by atoms with Gasteiger partial charge in [0.25, 0.3) is 0 Å². The van der Waals surface area contributed by atoms with E-state index < -0.39 is 11.6 Å². The van der Waals surface area contributed by atoms with Crippen LogP contribution < -0.4 is 16.4 Å². The normalized spacial score (nSPS) is 24.6. The lowest BCUT2D eigenvalue weighted by atomic mass is 9.85. The van der Waals surface area contributed by atoms with Crippen LogP contribution in [-0.2, 0) is 9.53 Å². The highest BCUT2D eigenvalue weighted by Crippen LogP contribution is 2.38. The first-order valence-electron chi connectivity index (χ1n) is 12.1. The van der Waals surface area contributed by atoms with Gasteiger partial charge in [0.15, 0.2) is 17.3 Å². The Morgan fingerprint density at radius 1 is 1.17 bits per heavy atom. The molecule has 9 nitrogen and oxygen atoms in total. The van der Waals surface area contributed by atoms with Gasteiger partial charge in [0.05, 0.1) is 12.8 Å². The second-order valence-corrected chi connectivity index (χ2v) is 10.0. The molecular formula is C24H28ClF2N7O2. The molecule has 2 fully saturated rings. The quantitative estimate of drug-likeness (QED) is 0.437. The van der Waals surface area contributed by atoms with Crippen molar-refractivity contribution < 1.29 is 18.3 Å². The molecule has 12 heteroatoms. The first-order valence-corrected chi connectivity index (χ1v) is 12.5. The number of halogens is 3. The minimum absolute atomic E-state index is 0.0437. The second-order valence-electron chi connectivity index (χ2n) is 9.58. The van der Waals surface area contributed by atoms with Crippen LogP contribution in [0.3, 0.4) is 0 Å². The number of imidazole rings is 1. The van der Waals surface area contributed by atoms with E-state index in [1.807, 2.05) is 4.57 Å². The summed E-state index contributed by atoms with van der Waals surface area (Å²) in [5.74, 6) is -1.20. The van der Waals surface area contributed by atoms with Gasteiger partial charge in [-0.05, 0) is 50.2 Å². The fourth-order valence-corrected chi connectivity index (χ4v) is 5.24. The van der Waals surface area contributed by atoms with Gasteiger partial charge >= 0.3 is 0 Å². The van der Waals surface area contributed by atoms with E-state index in [0.717, 1.165) is 18.6 Å². The van der Waals surface area contributed by atoms with Crippen LogP contribution in [0.1, 0.15) is 45.1 Å². The van der Waals surface area contributed by atoms with Crippen molar-refractivity contribution in [3.8, 4) is 0 Å². The number of hydrogen-bond donors (Lipinski definition) is 3. The third-order valence-corrected chi connectivity index (χ3v) is 7.31. The largest absolute Gasteiger partial charge is 0.381 e. The summed E-state index contributed by atoms with van der Waals surface area (Å²) in [5, 5.41) is 6.17. The molecule has 3 heterocycles. The van der Waals surface area contributed by atoms with Crippen LogP contribution in [0.4, 0.5) is 26.4 Å². The minimum Gasteiger partial charge on any atom is -0.381 e. The summed E-state index contributed by atoms with van der Waals surface area (Å²) in [6.45, 7) is 3.43. The molecule has 0 spiro atoms. The van der Waals surface area contributed by atoms with Gasteiger partial charge < -0.3 is 21.1 Å². The van der Waals surface area contributed by atoms with E-state index in [1.54, 1.807) is 6.20 Å². The van der Waals surface area contributed by atoms with Crippen molar-refractivity contribution in [2.24, 2.45) is 17.6 Å². The Morgan fingerprint density at radius 3 is 2.56 bits per heavy atom. The van der Waals surface area contributed by atoms with E-state index >= 15 is 0 Å². The van der Waals surface area contributed by atoms with Gasteiger partial charge in [-0.3, -0.25) is 9.36 Å². The predicted octanol–water partition coefficient (Wildman–Crippen LogP) is 4.56. The maximum absolute atomic E-state index is 14.6. The number of benzene rings is 1. The van der Waals surface area contributed by atoms with E-state index in [4.69, 9.17) is 27.1 Å². The fraction of sp³-hybridized carbons (Fsp3) is 0.500. The third-order valence-electron chi connectivity index (χ3n) is 7.10. The summed E-state index contributed by atoms with van der Waals surface area (Å²) in [6.07, 6.45) is 4.93. The molecule has 5 rings (SSSR count). The Labute approximate surface area is 211 Å². The summed E-state index contributed by atoms with van der Waals surface area (Å²) < 4.78 is 36.6. The lowest BCUT2D eigenvalue weighted by Gasteiger charge is -2.30. The second kappa shape index (κ2) is 10.1. The minimum atomic E-state index is -0.835. The lowest BCUT2D eigenvalue weighted by Crippen LogP contribution is -2.36. The molecule has 2 atom stereocenters. The van der Waals surface area contributed by atoms with Crippen molar-refractivity contribution in [2.45, 2.75) is 51.1 Å². The number of nitrogens with one attached hydrogen (secondary N) is 2. The number of rotatable bonds is 6. The lowest BCUT2D eigenvalue weighted by molar-refractivity contribution is -0.122. The monoisotopic (exact) mass is 519 g/mol. The molecule has 36 heavy (non-hydrogen) atoms. The molecule has 1 aliphatic carbocycles. The summed E-state index contributed by atoms with van der Waals surface area (Å²) in [5.41, 5.74) is 6.18. The highest BCUT2D eigenvalue weighted by molar-refractivity contribution is 6.30. The maximum atomic E-state index is 14.6. The Bertz CT molecular complexity index is 1260. The number of nitrogens with zero attached hydrogens (tertiary/aromatic N) is 4. The zero-order valence-corrected chi connectivity index (χ0v) is 20.6. The van der Waals surface area contributed by atoms with E-state index in [9.17, 15) is 13.6 Å². The summed E-state index contributed by atoms with van der Waals surface area (Å²) in [7, 11) is 0. The molecule has 0 radical (unpaired) electrons. The van der Waals surface area contributed by atoms with Crippen LogP contribution >= 0.6 is 11.6 Å². The molecule has 2 aromatic heterocycles. The van der Waals surface area contributed by atoms with Crippen LogP contribution in [-0.4, -0.2) is 44.7 Å². The van der Waals surface area contributed by atoms with E-state index in [1.165, 1.54) is 0 Å². The SMILES string of the molecule is C[C@@H]1COCC[C@H]1Nc1ncc2nc(Nc3c(F)cc(Cl)cc3F)n([C@H]3CC[C@@H](C(N)=O)CC3)c2n1.